The summed E-state index contributed by atoms with van der Waals surface area (Å²) >= 11 is 0. The molecule has 1 unspecified atom stereocenters. The fourth-order valence-corrected chi connectivity index (χ4v) is 5.09. The van der Waals surface area contributed by atoms with E-state index in [-0.39, 0.29) is 35.7 Å². The van der Waals surface area contributed by atoms with Gasteiger partial charge in [-0.2, -0.15) is 0 Å². The van der Waals surface area contributed by atoms with Gasteiger partial charge in [0.1, 0.15) is 0 Å². The van der Waals surface area contributed by atoms with Crippen molar-refractivity contribution in [2.24, 2.45) is 5.92 Å². The molecule has 0 spiro atoms. The summed E-state index contributed by atoms with van der Waals surface area (Å²) in [5.41, 5.74) is 6.22. The van der Waals surface area contributed by atoms with Crippen molar-refractivity contribution < 1.29 is 38.3 Å². The van der Waals surface area contributed by atoms with Gasteiger partial charge < -0.3 is 29.8 Å². The van der Waals surface area contributed by atoms with Crippen LogP contribution in [0.25, 0.3) is 0 Å². The maximum atomic E-state index is 10.8. The van der Waals surface area contributed by atoms with Gasteiger partial charge in [0.05, 0.1) is 7.11 Å². The normalized spacial score (nSPS) is 16.0. The van der Waals surface area contributed by atoms with Gasteiger partial charge in [0.25, 0.3) is 0 Å². The Labute approximate surface area is 290 Å². The third-order valence-electron chi connectivity index (χ3n) is 8.15. The average molecular weight is 629 g/mol. The second-order valence-electron chi connectivity index (χ2n) is 14.1. The number of anilines is 2. The van der Waals surface area contributed by atoms with Crippen LogP contribution in [0.2, 0.25) is 0 Å². The van der Waals surface area contributed by atoms with Crippen LogP contribution in [0.1, 0.15) is 66.5 Å². The molecular formula is C37H57LiN4O4. The van der Waals surface area contributed by atoms with E-state index in [1.165, 1.54) is 29.6 Å². The largest absolute Gasteiger partial charge is 1.00 e. The third-order valence-corrected chi connectivity index (χ3v) is 8.15. The summed E-state index contributed by atoms with van der Waals surface area (Å²) < 4.78 is 4.27. The maximum absolute atomic E-state index is 10.8. The molecule has 1 N–H and O–H groups in total. The van der Waals surface area contributed by atoms with Gasteiger partial charge in [-0.05, 0) is 53.1 Å². The predicted octanol–water partition coefficient (Wildman–Crippen LogP) is 1.63. The Morgan fingerprint density at radius 1 is 0.804 bits per heavy atom. The number of benzene rings is 2. The molecule has 2 aliphatic rings. The molecule has 8 nitrogen and oxygen atoms in total. The van der Waals surface area contributed by atoms with Crippen molar-refractivity contribution >= 4 is 23.3 Å². The first-order valence-corrected chi connectivity index (χ1v) is 16.1. The van der Waals surface area contributed by atoms with E-state index in [2.05, 4.69) is 121 Å². The summed E-state index contributed by atoms with van der Waals surface area (Å²) in [6, 6.07) is 17.8. The Bertz CT molecular complexity index is 1210. The summed E-state index contributed by atoms with van der Waals surface area (Å²) in [6.07, 6.45) is 0. The first-order valence-electron chi connectivity index (χ1n) is 16.1. The van der Waals surface area contributed by atoms with E-state index in [0.717, 1.165) is 52.4 Å². The molecule has 2 heterocycles. The number of piperazine rings is 2. The minimum Gasteiger partial charge on any atom is -0.550 e. The number of esters is 1. The quantitative estimate of drug-likeness (QED) is 0.294. The number of methoxy groups -OCH3 is 1. The third kappa shape index (κ3) is 13.9. The van der Waals surface area contributed by atoms with Gasteiger partial charge in [0.2, 0.25) is 0 Å². The number of aliphatic carboxylic acids is 1. The Kier molecular flexibility index (Phi) is 17.2. The zero-order chi connectivity index (χ0) is 33.8. The van der Waals surface area contributed by atoms with Crippen LogP contribution in [0.15, 0.2) is 60.7 Å². The van der Waals surface area contributed by atoms with Crippen LogP contribution in [0.4, 0.5) is 11.4 Å². The van der Waals surface area contributed by atoms with E-state index in [4.69, 9.17) is 0 Å². The Balaban J connectivity index is 0.000000386. The van der Waals surface area contributed by atoms with Crippen molar-refractivity contribution in [3.8, 4) is 0 Å². The van der Waals surface area contributed by atoms with Gasteiger partial charge in [-0.15, -0.1) is 0 Å². The average Bonchev–Trinajstić information content (AvgIpc) is 3.01. The molecule has 0 radical (unpaired) electrons. The van der Waals surface area contributed by atoms with E-state index in [9.17, 15) is 14.7 Å². The zero-order valence-electron chi connectivity index (χ0n) is 30.2. The first-order chi connectivity index (χ1) is 21.0. The maximum Gasteiger partial charge on any atom is 1.00 e. The molecule has 0 amide bonds. The van der Waals surface area contributed by atoms with Crippen molar-refractivity contribution in [3.63, 3.8) is 0 Å². The fraction of sp³-hybridized carbons (Fsp3) is 0.568. The summed E-state index contributed by atoms with van der Waals surface area (Å²) in [7, 11) is 1.33. The smallest absolute Gasteiger partial charge is 0.550 e. The monoisotopic (exact) mass is 628 g/mol. The second-order valence-corrected chi connectivity index (χ2v) is 14.1. The van der Waals surface area contributed by atoms with Crippen molar-refractivity contribution in [3.05, 3.63) is 71.8 Å². The molecule has 2 saturated heterocycles. The SMILES string of the molecule is C=C(C)C(=O)OC.CC(C)(C)c1ccc(N2CCNCC2)cc1.CC(CN1CCN(c2ccc(C(C)(C)C)cc2)CC1)C(=O)[O-].[Li+]. The van der Waals surface area contributed by atoms with E-state index in [0.29, 0.717) is 12.1 Å². The van der Waals surface area contributed by atoms with Gasteiger partial charge in [0, 0.05) is 87.7 Å². The van der Waals surface area contributed by atoms with Gasteiger partial charge in [0.15, 0.2) is 0 Å². The van der Waals surface area contributed by atoms with E-state index in [1.54, 1.807) is 13.8 Å². The van der Waals surface area contributed by atoms with E-state index >= 15 is 0 Å². The molecule has 0 bridgehead atoms. The molecule has 250 valence electrons. The number of hydrogen-bond acceptors (Lipinski definition) is 8. The van der Waals surface area contributed by atoms with Crippen molar-refractivity contribution in [2.45, 2.75) is 66.2 Å². The molecule has 0 aromatic heterocycles. The minimum atomic E-state index is -0.958. The number of carboxylic acids is 1. The van der Waals surface area contributed by atoms with Crippen LogP contribution in [0, 0.1) is 5.92 Å². The van der Waals surface area contributed by atoms with Crippen LogP contribution >= 0.6 is 0 Å². The standard InChI is InChI=1S/C18H28N2O2.C14H22N2.C5H8O2.Li/c1-14(17(21)22)13-19-9-11-20(12-10-19)16-7-5-15(6-8-16)18(2,3)4;1-14(2,3)12-4-6-13(7-5-12)16-10-8-15-9-11-16;1-4(2)5(6)7-3;/h5-8,14H,9-13H2,1-4H3,(H,21,22);4-7,15H,8-11H2,1-3H3;1H2,2-3H3;/q;;;+1/p-1. The van der Waals surface area contributed by atoms with Crippen molar-refractivity contribution in [1.29, 1.82) is 0 Å². The number of carboxylic acid groups (broad SMARTS) is 1. The van der Waals surface area contributed by atoms with Crippen molar-refractivity contribution in [2.75, 3.05) is 75.8 Å². The summed E-state index contributed by atoms with van der Waals surface area (Å²) in [5, 5.41) is 14.2. The fourth-order valence-electron chi connectivity index (χ4n) is 5.09. The number of ether oxygens (including phenoxy) is 1. The molecule has 2 fully saturated rings. The Hall–Kier alpha value is -2.76. The molecule has 2 aromatic rings. The van der Waals surface area contributed by atoms with Gasteiger partial charge in [-0.1, -0.05) is 79.3 Å². The number of nitrogens with zero attached hydrogens (tertiary/aromatic N) is 3. The number of rotatable bonds is 6. The number of hydrogen-bond donors (Lipinski definition) is 1. The molecule has 2 aromatic carbocycles. The Morgan fingerprint density at radius 3 is 1.50 bits per heavy atom. The molecule has 9 heteroatoms. The molecule has 0 saturated carbocycles. The number of nitrogens with one attached hydrogen (secondary N) is 1. The minimum absolute atomic E-state index is 0. The first kappa shape index (κ1) is 41.3. The Morgan fingerprint density at radius 2 is 1.20 bits per heavy atom. The molecule has 4 rings (SSSR count). The predicted molar refractivity (Wildman–Crippen MR) is 185 cm³/mol. The second kappa shape index (κ2) is 19.2. The van der Waals surface area contributed by atoms with Gasteiger partial charge >= 0.3 is 24.8 Å². The van der Waals surface area contributed by atoms with Crippen LogP contribution in [-0.4, -0.2) is 82.9 Å². The van der Waals surface area contributed by atoms with Crippen LogP contribution in [0.5, 0.6) is 0 Å². The summed E-state index contributed by atoms with van der Waals surface area (Å²) in [5.74, 6) is -1.71. The number of carbonyl (C=O) groups excluding carboxylic acids is 2. The molecule has 2 aliphatic heterocycles. The zero-order valence-corrected chi connectivity index (χ0v) is 30.2. The van der Waals surface area contributed by atoms with E-state index in [1.807, 2.05) is 0 Å². The molecule has 1 atom stereocenters. The van der Waals surface area contributed by atoms with Gasteiger partial charge in [-0.25, -0.2) is 4.79 Å². The molecule has 0 aliphatic carbocycles. The van der Waals surface area contributed by atoms with E-state index < -0.39 is 11.9 Å². The topological polar surface area (TPSA) is 88.2 Å². The molecular weight excluding hydrogens is 571 g/mol. The van der Waals surface area contributed by atoms with Crippen LogP contribution < -0.4 is 39.1 Å². The summed E-state index contributed by atoms with van der Waals surface area (Å²) in [6.45, 7) is 28.8. The van der Waals surface area contributed by atoms with Crippen LogP contribution in [-0.2, 0) is 25.2 Å². The van der Waals surface area contributed by atoms with Crippen LogP contribution in [0.3, 0.4) is 0 Å². The summed E-state index contributed by atoms with van der Waals surface area (Å²) in [4.78, 5) is 28.0. The van der Waals surface area contributed by atoms with Crippen molar-refractivity contribution in [1.82, 2.24) is 10.2 Å². The molecule has 46 heavy (non-hydrogen) atoms. The van der Waals surface area contributed by atoms with Gasteiger partial charge in [-0.3, -0.25) is 4.90 Å². The number of carbonyl (C=O) groups is 2.